The van der Waals surface area contributed by atoms with Crippen molar-refractivity contribution < 1.29 is 14.2 Å². The lowest BCUT2D eigenvalue weighted by Crippen LogP contribution is -2.23. The Labute approximate surface area is 83.3 Å². The number of rotatable bonds is 7. The third kappa shape index (κ3) is 5.12. The Morgan fingerprint density at radius 3 is 3.00 bits per heavy atom. The van der Waals surface area contributed by atoms with E-state index in [9.17, 15) is 0 Å². The maximum Gasteiger partial charge on any atom is 0.107 e. The quantitative estimate of drug-likeness (QED) is 0.264. The van der Waals surface area contributed by atoms with Crippen LogP contribution in [0.5, 0.6) is 0 Å². The lowest BCUT2D eigenvalue weighted by Gasteiger charge is -2.13. The van der Waals surface area contributed by atoms with Crippen LogP contribution in [0.25, 0.3) is 0 Å². The second kappa shape index (κ2) is 6.22. The minimum absolute atomic E-state index is 0.0841. The molecule has 1 rings (SSSR count). The van der Waals surface area contributed by atoms with Crippen LogP contribution in [-0.4, -0.2) is 44.5 Å². The van der Waals surface area contributed by atoms with Gasteiger partial charge in [-0.05, 0) is 0 Å². The SMILES string of the molecule is C#CCOC[C@@H](CCl)OC[C@@H]1CO1. The zero-order chi connectivity index (χ0) is 9.52. The average molecular weight is 205 g/mol. The predicted molar refractivity (Wildman–Crippen MR) is 49.9 cm³/mol. The Balaban J connectivity index is 1.99. The highest BCUT2D eigenvalue weighted by Gasteiger charge is 2.24. The number of ether oxygens (including phenoxy) is 3. The highest BCUT2D eigenvalue weighted by atomic mass is 35.5. The van der Waals surface area contributed by atoms with E-state index in [1.807, 2.05) is 0 Å². The van der Waals surface area contributed by atoms with Gasteiger partial charge in [-0.3, -0.25) is 0 Å². The fourth-order valence-electron chi connectivity index (χ4n) is 0.794. The molecule has 2 atom stereocenters. The van der Waals surface area contributed by atoms with Crippen LogP contribution in [0.4, 0.5) is 0 Å². The minimum atomic E-state index is -0.0841. The summed E-state index contributed by atoms with van der Waals surface area (Å²) in [5.74, 6) is 2.79. The summed E-state index contributed by atoms with van der Waals surface area (Å²) in [5.41, 5.74) is 0. The number of epoxide rings is 1. The van der Waals surface area contributed by atoms with E-state index in [1.165, 1.54) is 0 Å². The first-order chi connectivity index (χ1) is 6.36. The molecule has 1 heterocycles. The molecule has 13 heavy (non-hydrogen) atoms. The number of hydrogen-bond acceptors (Lipinski definition) is 3. The summed E-state index contributed by atoms with van der Waals surface area (Å²) in [6, 6.07) is 0. The third-order valence-corrected chi connectivity index (χ3v) is 1.93. The van der Waals surface area contributed by atoms with Gasteiger partial charge in [0.05, 0.1) is 31.8 Å². The molecule has 0 unspecified atom stereocenters. The number of hydrogen-bond donors (Lipinski definition) is 0. The maximum absolute atomic E-state index is 5.65. The zero-order valence-corrected chi connectivity index (χ0v) is 8.13. The van der Waals surface area contributed by atoms with Gasteiger partial charge in [0, 0.05) is 0 Å². The van der Waals surface area contributed by atoms with Gasteiger partial charge >= 0.3 is 0 Å². The van der Waals surface area contributed by atoms with Crippen LogP contribution in [0, 0.1) is 12.3 Å². The summed E-state index contributed by atoms with van der Waals surface area (Å²) in [7, 11) is 0. The highest BCUT2D eigenvalue weighted by molar-refractivity contribution is 6.18. The van der Waals surface area contributed by atoms with Crippen molar-refractivity contribution in [1.82, 2.24) is 0 Å². The molecule has 1 saturated heterocycles. The lowest BCUT2D eigenvalue weighted by atomic mass is 10.4. The van der Waals surface area contributed by atoms with Crippen molar-refractivity contribution in [1.29, 1.82) is 0 Å². The summed E-state index contributed by atoms with van der Waals surface area (Å²) in [4.78, 5) is 0. The van der Waals surface area contributed by atoms with Crippen molar-refractivity contribution in [2.24, 2.45) is 0 Å². The molecule has 0 saturated carbocycles. The van der Waals surface area contributed by atoms with Crippen molar-refractivity contribution >= 4 is 11.6 Å². The third-order valence-electron chi connectivity index (χ3n) is 1.58. The van der Waals surface area contributed by atoms with Crippen molar-refractivity contribution in [3.8, 4) is 12.3 Å². The molecule has 0 aromatic rings. The molecule has 0 radical (unpaired) electrons. The van der Waals surface area contributed by atoms with Gasteiger partial charge in [-0.25, -0.2) is 0 Å². The van der Waals surface area contributed by atoms with Gasteiger partial charge in [-0.15, -0.1) is 18.0 Å². The van der Waals surface area contributed by atoms with Crippen molar-refractivity contribution in [2.45, 2.75) is 12.2 Å². The normalized spacial score (nSPS) is 22.3. The summed E-state index contributed by atoms with van der Waals surface area (Å²) in [5, 5.41) is 0. The molecule has 0 aromatic heterocycles. The molecule has 0 bridgehead atoms. The van der Waals surface area contributed by atoms with Gasteiger partial charge in [0.2, 0.25) is 0 Å². The van der Waals surface area contributed by atoms with E-state index in [0.717, 1.165) is 6.61 Å². The van der Waals surface area contributed by atoms with Gasteiger partial charge in [0.25, 0.3) is 0 Å². The minimum Gasteiger partial charge on any atom is -0.372 e. The van der Waals surface area contributed by atoms with Crippen molar-refractivity contribution in [3.05, 3.63) is 0 Å². The molecular formula is C9H13ClO3. The van der Waals surface area contributed by atoms with Gasteiger partial charge in [0.1, 0.15) is 12.7 Å². The Kier molecular flexibility index (Phi) is 5.18. The molecule has 1 aliphatic rings. The molecule has 1 fully saturated rings. The van der Waals surface area contributed by atoms with Gasteiger partial charge in [0.15, 0.2) is 0 Å². The topological polar surface area (TPSA) is 31.0 Å². The predicted octanol–water partition coefficient (Wildman–Crippen LogP) is 0.659. The molecule has 3 nitrogen and oxygen atoms in total. The molecule has 0 spiro atoms. The van der Waals surface area contributed by atoms with E-state index in [-0.39, 0.29) is 12.2 Å². The second-order valence-corrected chi connectivity index (χ2v) is 3.09. The van der Waals surface area contributed by atoms with Gasteiger partial charge in [-0.1, -0.05) is 5.92 Å². The molecule has 1 aliphatic heterocycles. The fourth-order valence-corrected chi connectivity index (χ4v) is 0.972. The Hall–Kier alpha value is -0.270. The molecule has 0 aromatic carbocycles. The summed E-state index contributed by atoms with van der Waals surface area (Å²) < 4.78 is 15.5. The van der Waals surface area contributed by atoms with Crippen LogP contribution in [0.2, 0.25) is 0 Å². The first kappa shape index (κ1) is 10.8. The highest BCUT2D eigenvalue weighted by Crippen LogP contribution is 2.10. The average Bonchev–Trinajstić information content (AvgIpc) is 2.94. The molecule has 0 N–H and O–H groups in total. The number of terminal acetylenes is 1. The van der Waals surface area contributed by atoms with Crippen LogP contribution in [0.15, 0.2) is 0 Å². The molecule has 0 amide bonds. The van der Waals surface area contributed by atoms with Crippen molar-refractivity contribution in [3.63, 3.8) is 0 Å². The summed E-state index contributed by atoms with van der Waals surface area (Å²) in [6.07, 6.45) is 5.20. The maximum atomic E-state index is 5.65. The van der Waals surface area contributed by atoms with Crippen molar-refractivity contribution in [2.75, 3.05) is 32.3 Å². The van der Waals surface area contributed by atoms with E-state index < -0.39 is 0 Å². The zero-order valence-electron chi connectivity index (χ0n) is 7.37. The van der Waals surface area contributed by atoms with E-state index >= 15 is 0 Å². The smallest absolute Gasteiger partial charge is 0.107 e. The van der Waals surface area contributed by atoms with Gasteiger partial charge in [-0.2, -0.15) is 0 Å². The van der Waals surface area contributed by atoms with Crippen LogP contribution >= 0.6 is 11.6 Å². The van der Waals surface area contributed by atoms with E-state index in [4.69, 9.17) is 32.2 Å². The lowest BCUT2D eigenvalue weighted by molar-refractivity contribution is -0.00201. The molecule has 4 heteroatoms. The fraction of sp³-hybridized carbons (Fsp3) is 0.778. The van der Waals surface area contributed by atoms with E-state index in [0.29, 0.717) is 25.7 Å². The molecular weight excluding hydrogens is 192 g/mol. The standard InChI is InChI=1S/C9H13ClO3/c1-2-3-11-5-8(4-10)12-6-9-7-13-9/h1,8-9H,3-7H2/t8-,9-/m1/s1. The summed E-state index contributed by atoms with van der Waals surface area (Å²) >= 11 is 5.65. The largest absolute Gasteiger partial charge is 0.372 e. The Morgan fingerprint density at radius 2 is 2.46 bits per heavy atom. The first-order valence-electron chi connectivity index (χ1n) is 4.17. The first-order valence-corrected chi connectivity index (χ1v) is 4.70. The van der Waals surface area contributed by atoms with Crippen LogP contribution in [-0.2, 0) is 14.2 Å². The molecule has 0 aliphatic carbocycles. The Morgan fingerprint density at radius 1 is 1.69 bits per heavy atom. The van der Waals surface area contributed by atoms with E-state index in [2.05, 4.69) is 5.92 Å². The number of alkyl halides is 1. The second-order valence-electron chi connectivity index (χ2n) is 2.78. The van der Waals surface area contributed by atoms with Crippen LogP contribution in [0.1, 0.15) is 0 Å². The van der Waals surface area contributed by atoms with E-state index in [1.54, 1.807) is 0 Å². The van der Waals surface area contributed by atoms with Gasteiger partial charge < -0.3 is 14.2 Å². The monoisotopic (exact) mass is 204 g/mol. The van der Waals surface area contributed by atoms with Crippen LogP contribution in [0.3, 0.4) is 0 Å². The summed E-state index contributed by atoms with van der Waals surface area (Å²) in [6.45, 7) is 2.13. The Bertz CT molecular complexity index is 174. The number of halogens is 1. The van der Waals surface area contributed by atoms with Crippen LogP contribution < -0.4 is 0 Å². The molecule has 74 valence electrons.